The highest BCUT2D eigenvalue weighted by Crippen LogP contribution is 2.24. The van der Waals surface area contributed by atoms with E-state index in [9.17, 15) is 0 Å². The molecule has 1 aliphatic heterocycles. The Hall–Kier alpha value is -1.05. The lowest BCUT2D eigenvalue weighted by molar-refractivity contribution is 0.0255. The molecule has 0 atom stereocenters. The molecule has 0 radical (unpaired) electrons. The fourth-order valence-corrected chi connectivity index (χ4v) is 2.15. The number of nitrogens with zero attached hydrogens (tertiary/aromatic N) is 1. The van der Waals surface area contributed by atoms with Gasteiger partial charge in [-0.3, -0.25) is 0 Å². The molecule has 1 aromatic rings. The summed E-state index contributed by atoms with van der Waals surface area (Å²) in [5.41, 5.74) is 0.608. The minimum Gasteiger partial charge on any atom is -0.490 e. The number of nitriles is 1. The molecule has 84 valence electrons. The molecule has 0 unspecified atom stereocenters. The van der Waals surface area contributed by atoms with E-state index in [0.717, 1.165) is 36.3 Å². The van der Waals surface area contributed by atoms with E-state index in [1.54, 1.807) is 12.1 Å². The zero-order valence-corrected chi connectivity index (χ0v) is 10.4. The van der Waals surface area contributed by atoms with Crippen LogP contribution in [0.5, 0.6) is 5.75 Å². The zero-order valence-electron chi connectivity index (χ0n) is 8.78. The summed E-state index contributed by atoms with van der Waals surface area (Å²) in [6.07, 6.45) is 2.03. The molecule has 1 fully saturated rings. The van der Waals surface area contributed by atoms with Crippen molar-refractivity contribution >= 4 is 15.9 Å². The summed E-state index contributed by atoms with van der Waals surface area (Å²) in [7, 11) is 0. The summed E-state index contributed by atoms with van der Waals surface area (Å²) in [4.78, 5) is 0. The Labute approximate surface area is 103 Å². The van der Waals surface area contributed by atoms with E-state index in [2.05, 4.69) is 22.0 Å². The van der Waals surface area contributed by atoms with E-state index in [0.29, 0.717) is 5.56 Å². The van der Waals surface area contributed by atoms with Crippen molar-refractivity contribution < 1.29 is 9.47 Å². The monoisotopic (exact) mass is 281 g/mol. The molecule has 0 saturated carbocycles. The van der Waals surface area contributed by atoms with Crippen LogP contribution in [0.3, 0.4) is 0 Å². The predicted molar refractivity (Wildman–Crippen MR) is 63.3 cm³/mol. The molecule has 1 saturated heterocycles. The molecule has 1 aliphatic rings. The Kier molecular flexibility index (Phi) is 3.81. The Morgan fingerprint density at radius 1 is 1.31 bits per heavy atom. The van der Waals surface area contributed by atoms with E-state index in [1.807, 2.05) is 6.07 Å². The van der Waals surface area contributed by atoms with Crippen molar-refractivity contribution in [2.24, 2.45) is 0 Å². The number of ether oxygens (including phenoxy) is 2. The van der Waals surface area contributed by atoms with Crippen molar-refractivity contribution in [3.63, 3.8) is 0 Å². The maximum atomic E-state index is 8.85. The second-order valence-electron chi connectivity index (χ2n) is 3.72. The van der Waals surface area contributed by atoms with Gasteiger partial charge in [-0.15, -0.1) is 0 Å². The lowest BCUT2D eigenvalue weighted by Crippen LogP contribution is -2.25. The number of halogens is 1. The fraction of sp³-hybridized carbons (Fsp3) is 0.417. The van der Waals surface area contributed by atoms with Crippen LogP contribution >= 0.6 is 15.9 Å². The first-order valence-electron chi connectivity index (χ1n) is 5.23. The molecule has 16 heavy (non-hydrogen) atoms. The SMILES string of the molecule is N#Cc1cc(Br)cc(OC2CCOCC2)c1. The van der Waals surface area contributed by atoms with Crippen molar-refractivity contribution in [3.05, 3.63) is 28.2 Å². The highest BCUT2D eigenvalue weighted by molar-refractivity contribution is 9.10. The van der Waals surface area contributed by atoms with Crippen LogP contribution in [0.2, 0.25) is 0 Å². The Balaban J connectivity index is 2.08. The molecule has 4 heteroatoms. The molecule has 3 nitrogen and oxygen atoms in total. The van der Waals surface area contributed by atoms with E-state index in [-0.39, 0.29) is 6.10 Å². The molecule has 0 amide bonds. The average Bonchev–Trinajstić information content (AvgIpc) is 2.29. The van der Waals surface area contributed by atoms with Crippen LogP contribution in [0.4, 0.5) is 0 Å². The summed E-state index contributed by atoms with van der Waals surface area (Å²) >= 11 is 3.36. The first-order valence-corrected chi connectivity index (χ1v) is 6.02. The predicted octanol–water partition coefficient (Wildman–Crippen LogP) is 2.88. The maximum Gasteiger partial charge on any atom is 0.122 e. The second kappa shape index (κ2) is 5.33. The summed E-state index contributed by atoms with van der Waals surface area (Å²) < 4.78 is 12.0. The number of rotatable bonds is 2. The first kappa shape index (κ1) is 11.4. The number of hydrogen-bond acceptors (Lipinski definition) is 3. The lowest BCUT2D eigenvalue weighted by atomic mass is 10.1. The van der Waals surface area contributed by atoms with Gasteiger partial charge in [-0.1, -0.05) is 15.9 Å². The number of hydrogen-bond donors (Lipinski definition) is 0. The fourth-order valence-electron chi connectivity index (χ4n) is 1.68. The largest absolute Gasteiger partial charge is 0.490 e. The van der Waals surface area contributed by atoms with Gasteiger partial charge >= 0.3 is 0 Å². The molecule has 0 aromatic heterocycles. The van der Waals surface area contributed by atoms with Crippen LogP contribution in [0.1, 0.15) is 18.4 Å². The van der Waals surface area contributed by atoms with Crippen molar-refractivity contribution in [1.82, 2.24) is 0 Å². The van der Waals surface area contributed by atoms with E-state index < -0.39 is 0 Å². The summed E-state index contributed by atoms with van der Waals surface area (Å²) in [5.74, 6) is 0.748. The van der Waals surface area contributed by atoms with Gasteiger partial charge in [-0.05, 0) is 18.2 Å². The van der Waals surface area contributed by atoms with E-state index >= 15 is 0 Å². The van der Waals surface area contributed by atoms with Crippen molar-refractivity contribution in [1.29, 1.82) is 5.26 Å². The van der Waals surface area contributed by atoms with Crippen molar-refractivity contribution in [3.8, 4) is 11.8 Å². The maximum absolute atomic E-state index is 8.85. The molecule has 0 N–H and O–H groups in total. The van der Waals surface area contributed by atoms with Gasteiger partial charge in [0.15, 0.2) is 0 Å². The van der Waals surface area contributed by atoms with Gasteiger partial charge in [0.05, 0.1) is 24.8 Å². The summed E-state index contributed by atoms with van der Waals surface area (Å²) in [6, 6.07) is 7.53. The normalized spacial score (nSPS) is 16.8. The third-order valence-electron chi connectivity index (χ3n) is 2.47. The molecular weight excluding hydrogens is 270 g/mol. The molecule has 0 bridgehead atoms. The average molecular weight is 282 g/mol. The standard InChI is InChI=1S/C12H12BrNO2/c13-10-5-9(8-14)6-12(7-10)16-11-1-3-15-4-2-11/h5-7,11H,1-4H2. The van der Waals surface area contributed by atoms with Gasteiger partial charge in [0.2, 0.25) is 0 Å². The van der Waals surface area contributed by atoms with Crippen molar-refractivity contribution in [2.45, 2.75) is 18.9 Å². The highest BCUT2D eigenvalue weighted by atomic mass is 79.9. The molecule has 0 aliphatic carbocycles. The topological polar surface area (TPSA) is 42.2 Å². The van der Waals surface area contributed by atoms with Crippen LogP contribution in [0, 0.1) is 11.3 Å². The van der Waals surface area contributed by atoms with E-state index in [1.165, 1.54) is 0 Å². The van der Waals surface area contributed by atoms with Crippen LogP contribution < -0.4 is 4.74 Å². The van der Waals surface area contributed by atoms with Gasteiger partial charge in [0.25, 0.3) is 0 Å². The van der Waals surface area contributed by atoms with Gasteiger partial charge in [-0.2, -0.15) is 5.26 Å². The van der Waals surface area contributed by atoms with Gasteiger partial charge < -0.3 is 9.47 Å². The summed E-state index contributed by atoms with van der Waals surface area (Å²) in [5, 5.41) is 8.85. The van der Waals surface area contributed by atoms with Crippen LogP contribution in [0.15, 0.2) is 22.7 Å². The Morgan fingerprint density at radius 2 is 2.06 bits per heavy atom. The Morgan fingerprint density at radius 3 is 2.75 bits per heavy atom. The van der Waals surface area contributed by atoms with Crippen LogP contribution in [-0.2, 0) is 4.74 Å². The zero-order chi connectivity index (χ0) is 11.4. The van der Waals surface area contributed by atoms with E-state index in [4.69, 9.17) is 14.7 Å². The van der Waals surface area contributed by atoms with Crippen LogP contribution in [-0.4, -0.2) is 19.3 Å². The molecule has 2 rings (SSSR count). The van der Waals surface area contributed by atoms with Crippen molar-refractivity contribution in [2.75, 3.05) is 13.2 Å². The molecule has 0 spiro atoms. The Bertz CT molecular complexity index is 408. The lowest BCUT2D eigenvalue weighted by Gasteiger charge is -2.23. The third kappa shape index (κ3) is 2.97. The van der Waals surface area contributed by atoms with Gasteiger partial charge in [0.1, 0.15) is 11.9 Å². The summed E-state index contributed by atoms with van der Waals surface area (Å²) in [6.45, 7) is 1.51. The number of benzene rings is 1. The minimum absolute atomic E-state index is 0.203. The molecule has 1 heterocycles. The third-order valence-corrected chi connectivity index (χ3v) is 2.93. The van der Waals surface area contributed by atoms with Gasteiger partial charge in [0, 0.05) is 17.3 Å². The quantitative estimate of drug-likeness (QED) is 0.837. The van der Waals surface area contributed by atoms with Crippen LogP contribution in [0.25, 0.3) is 0 Å². The van der Waals surface area contributed by atoms with Gasteiger partial charge in [-0.25, -0.2) is 0 Å². The smallest absolute Gasteiger partial charge is 0.122 e. The minimum atomic E-state index is 0.203. The first-order chi connectivity index (χ1) is 7.78. The molecular formula is C12H12BrNO2. The highest BCUT2D eigenvalue weighted by Gasteiger charge is 2.15. The second-order valence-corrected chi connectivity index (χ2v) is 4.63. The molecule has 1 aromatic carbocycles.